The van der Waals surface area contributed by atoms with Crippen molar-refractivity contribution in [2.45, 2.75) is 20.8 Å². The molecule has 0 aliphatic rings. The zero-order valence-corrected chi connectivity index (χ0v) is 7.64. The molecule has 0 spiro atoms. The van der Waals surface area contributed by atoms with E-state index in [1.54, 1.807) is 0 Å². The highest BCUT2D eigenvalue weighted by molar-refractivity contribution is 5.28. The highest BCUT2D eigenvalue weighted by Crippen LogP contribution is 2.07. The maximum absolute atomic E-state index is 8.35. The molecule has 1 rings (SSSR count). The van der Waals surface area contributed by atoms with Gasteiger partial charge in [-0.2, -0.15) is 0 Å². The van der Waals surface area contributed by atoms with Crippen molar-refractivity contribution in [1.29, 1.82) is 5.41 Å². The van der Waals surface area contributed by atoms with Crippen molar-refractivity contribution < 1.29 is 4.79 Å². The molecule has 0 bridgehead atoms. The number of rotatable bonds is 0. The molecule has 0 amide bonds. The van der Waals surface area contributed by atoms with E-state index in [-0.39, 0.29) is 0 Å². The number of nitrogens with one attached hydrogen (secondary N) is 1. The average Bonchev–Trinajstić information content (AvgIpc) is 1.99. The first kappa shape index (κ1) is 10.6. The van der Waals surface area contributed by atoms with E-state index in [0.29, 0.717) is 0 Å². The molecule has 0 radical (unpaired) electrons. The summed E-state index contributed by atoms with van der Waals surface area (Å²) in [7, 11) is 0. The Morgan fingerprint density at radius 2 is 1.67 bits per heavy atom. The van der Waals surface area contributed by atoms with Crippen molar-refractivity contribution in [3.63, 3.8) is 0 Å². The van der Waals surface area contributed by atoms with Crippen molar-refractivity contribution in [2.24, 2.45) is 0 Å². The van der Waals surface area contributed by atoms with Crippen LogP contribution in [0, 0.1) is 26.2 Å². The average molecular weight is 163 g/mol. The predicted molar refractivity (Wildman–Crippen MR) is 49.1 cm³/mol. The zero-order chi connectivity index (χ0) is 9.56. The number of hydrogen-bond donors (Lipinski definition) is 1. The second-order valence-corrected chi connectivity index (χ2v) is 2.69. The highest BCUT2D eigenvalue weighted by atomic mass is 16.1. The number of aryl methyl sites for hydroxylation is 3. The normalized spacial score (nSPS) is 7.92. The van der Waals surface area contributed by atoms with Crippen LogP contribution in [0.2, 0.25) is 0 Å². The topological polar surface area (TPSA) is 40.9 Å². The van der Waals surface area contributed by atoms with Crippen LogP contribution in [0.15, 0.2) is 18.2 Å². The van der Waals surface area contributed by atoms with Gasteiger partial charge in [-0.05, 0) is 31.9 Å². The van der Waals surface area contributed by atoms with Crippen molar-refractivity contribution in [3.8, 4) is 0 Å². The molecule has 1 aromatic carbocycles. The largest absolute Gasteiger partial charge is 0.231 e. The van der Waals surface area contributed by atoms with Crippen LogP contribution in [-0.2, 0) is 4.79 Å². The first-order valence-electron chi connectivity index (χ1n) is 3.69. The molecule has 2 nitrogen and oxygen atoms in total. The molecule has 1 aromatic rings. The van der Waals surface area contributed by atoms with Crippen molar-refractivity contribution in [1.82, 2.24) is 0 Å². The molecule has 0 saturated carbocycles. The van der Waals surface area contributed by atoms with E-state index < -0.39 is 0 Å². The minimum absolute atomic E-state index is 0.750. The van der Waals surface area contributed by atoms with Crippen LogP contribution < -0.4 is 0 Å². The van der Waals surface area contributed by atoms with Gasteiger partial charge in [-0.1, -0.05) is 23.8 Å². The Bertz CT molecular complexity index is 286. The van der Waals surface area contributed by atoms with Gasteiger partial charge in [-0.3, -0.25) is 0 Å². The van der Waals surface area contributed by atoms with Crippen LogP contribution in [-0.4, -0.2) is 6.08 Å². The quantitative estimate of drug-likeness (QED) is 0.463. The van der Waals surface area contributed by atoms with E-state index in [0.717, 1.165) is 6.08 Å². The Kier molecular flexibility index (Phi) is 4.66. The summed E-state index contributed by atoms with van der Waals surface area (Å²) in [6, 6.07) is 6.50. The molecule has 0 aliphatic heterocycles. The fourth-order valence-corrected chi connectivity index (χ4v) is 0.891. The molecule has 2 heteroatoms. The van der Waals surface area contributed by atoms with Gasteiger partial charge < -0.3 is 0 Å². The predicted octanol–water partition coefficient (Wildman–Crippen LogP) is 2.51. The van der Waals surface area contributed by atoms with Gasteiger partial charge in [0.2, 0.25) is 6.08 Å². The lowest BCUT2D eigenvalue weighted by atomic mass is 10.1. The molecule has 64 valence electrons. The Morgan fingerprint density at radius 3 is 2.00 bits per heavy atom. The molecular formula is C10H13NO. The maximum Gasteiger partial charge on any atom is 0.231 e. The van der Waals surface area contributed by atoms with Crippen molar-refractivity contribution in [2.75, 3.05) is 0 Å². The maximum atomic E-state index is 8.35. The Balaban J connectivity index is 0.000000354. The van der Waals surface area contributed by atoms with Gasteiger partial charge in [0.15, 0.2) is 0 Å². The van der Waals surface area contributed by atoms with Crippen LogP contribution in [0.1, 0.15) is 16.7 Å². The summed E-state index contributed by atoms with van der Waals surface area (Å²) in [6.45, 7) is 6.39. The molecule has 12 heavy (non-hydrogen) atoms. The Labute approximate surface area is 72.7 Å². The third kappa shape index (κ3) is 3.69. The summed E-state index contributed by atoms with van der Waals surface area (Å²) in [5.74, 6) is 0. The molecule has 0 unspecified atom stereocenters. The van der Waals surface area contributed by atoms with Crippen LogP contribution in [0.5, 0.6) is 0 Å². The van der Waals surface area contributed by atoms with Crippen LogP contribution in [0.25, 0.3) is 0 Å². The van der Waals surface area contributed by atoms with Gasteiger partial charge >= 0.3 is 0 Å². The SMILES string of the molecule is Cc1ccc(C)c(C)c1.N=C=O. The second-order valence-electron chi connectivity index (χ2n) is 2.69. The van der Waals surface area contributed by atoms with E-state index >= 15 is 0 Å². The minimum atomic E-state index is 0.750. The number of carbonyl (C=O) groups excluding carboxylic acids is 1. The highest BCUT2D eigenvalue weighted by Gasteiger charge is 1.89. The van der Waals surface area contributed by atoms with Crippen LogP contribution >= 0.6 is 0 Å². The number of benzene rings is 1. The third-order valence-electron chi connectivity index (χ3n) is 1.66. The van der Waals surface area contributed by atoms with Crippen LogP contribution in [0.4, 0.5) is 0 Å². The second kappa shape index (κ2) is 5.28. The van der Waals surface area contributed by atoms with Crippen molar-refractivity contribution >= 4 is 6.08 Å². The van der Waals surface area contributed by atoms with E-state index in [2.05, 4.69) is 39.0 Å². The summed E-state index contributed by atoms with van der Waals surface area (Å²) in [6.07, 6.45) is 0.750. The summed E-state index contributed by atoms with van der Waals surface area (Å²) >= 11 is 0. The van der Waals surface area contributed by atoms with E-state index in [4.69, 9.17) is 10.2 Å². The lowest BCUT2D eigenvalue weighted by molar-refractivity contribution is 0.563. The molecule has 0 atom stereocenters. The first-order chi connectivity index (χ1) is 5.61. The van der Waals surface area contributed by atoms with Gasteiger partial charge in [0, 0.05) is 0 Å². The zero-order valence-electron chi connectivity index (χ0n) is 7.64. The molecular weight excluding hydrogens is 150 g/mol. The molecule has 0 saturated heterocycles. The van der Waals surface area contributed by atoms with E-state index in [1.165, 1.54) is 16.7 Å². The van der Waals surface area contributed by atoms with Crippen molar-refractivity contribution in [3.05, 3.63) is 34.9 Å². The molecule has 0 aromatic heterocycles. The minimum Gasteiger partial charge on any atom is -0.222 e. The van der Waals surface area contributed by atoms with E-state index in [1.807, 2.05) is 0 Å². The summed E-state index contributed by atoms with van der Waals surface area (Å²) < 4.78 is 0. The van der Waals surface area contributed by atoms with Gasteiger partial charge in [-0.25, -0.2) is 10.2 Å². The summed E-state index contributed by atoms with van der Waals surface area (Å²) in [5.41, 5.74) is 4.11. The van der Waals surface area contributed by atoms with E-state index in [9.17, 15) is 0 Å². The Hall–Kier alpha value is -1.40. The standard InChI is InChI=1S/C9H12.CHNO/c1-7-4-5-8(2)9(3)6-7;2-1-3/h4-6H,1-3H3;2H. The fourth-order valence-electron chi connectivity index (χ4n) is 0.891. The smallest absolute Gasteiger partial charge is 0.222 e. The first-order valence-corrected chi connectivity index (χ1v) is 3.69. The molecule has 0 heterocycles. The lowest BCUT2D eigenvalue weighted by Gasteiger charge is -1.98. The molecule has 0 fully saturated rings. The summed E-state index contributed by atoms with van der Waals surface area (Å²) in [4.78, 5) is 8.35. The number of hydrogen-bond acceptors (Lipinski definition) is 2. The fraction of sp³-hybridized carbons (Fsp3) is 0.300. The van der Waals surface area contributed by atoms with Gasteiger partial charge in [0.25, 0.3) is 0 Å². The van der Waals surface area contributed by atoms with Gasteiger partial charge in [0.1, 0.15) is 0 Å². The lowest BCUT2D eigenvalue weighted by Crippen LogP contribution is -1.79. The van der Waals surface area contributed by atoms with Crippen LogP contribution in [0.3, 0.4) is 0 Å². The van der Waals surface area contributed by atoms with Gasteiger partial charge in [-0.15, -0.1) is 0 Å². The summed E-state index contributed by atoms with van der Waals surface area (Å²) in [5, 5.41) is 5.40. The Morgan fingerprint density at radius 1 is 1.17 bits per heavy atom. The molecule has 1 N–H and O–H groups in total. The molecule has 0 aliphatic carbocycles. The van der Waals surface area contributed by atoms with Gasteiger partial charge in [0.05, 0.1) is 0 Å². The third-order valence-corrected chi connectivity index (χ3v) is 1.66. The monoisotopic (exact) mass is 163 g/mol. The number of isocyanates is 1.